The van der Waals surface area contributed by atoms with Crippen LogP contribution in [0.3, 0.4) is 0 Å². The summed E-state index contributed by atoms with van der Waals surface area (Å²) in [5.74, 6) is -0.0775. The Morgan fingerprint density at radius 2 is 2.25 bits per heavy atom. The lowest BCUT2D eigenvalue weighted by molar-refractivity contribution is 0.104. The van der Waals surface area contributed by atoms with Gasteiger partial charge >= 0.3 is 0 Å². The minimum Gasteiger partial charge on any atom is -0.508 e. The number of phenolic OH excluding ortho intramolecular Hbond substituents is 1. The number of H-pyrrole nitrogens is 1. The van der Waals surface area contributed by atoms with Crippen LogP contribution >= 0.6 is 0 Å². The van der Waals surface area contributed by atoms with E-state index >= 15 is 0 Å². The number of rotatable bonds is 3. The molecule has 0 aliphatic heterocycles. The van der Waals surface area contributed by atoms with Crippen molar-refractivity contribution in [2.24, 2.45) is 0 Å². The van der Waals surface area contributed by atoms with Gasteiger partial charge in [-0.15, -0.1) is 0 Å². The van der Waals surface area contributed by atoms with E-state index in [0.717, 1.165) is 5.69 Å². The molecule has 2 N–H and O–H groups in total. The largest absolute Gasteiger partial charge is 0.508 e. The fourth-order valence-corrected chi connectivity index (χ4v) is 1.28. The minimum absolute atomic E-state index is 0.0841. The highest BCUT2D eigenvalue weighted by Crippen LogP contribution is 2.12. The molecule has 16 heavy (non-hydrogen) atoms. The summed E-state index contributed by atoms with van der Waals surface area (Å²) in [6.07, 6.45) is 4.68. The van der Waals surface area contributed by atoms with E-state index in [1.54, 1.807) is 30.5 Å². The number of nitrogens with one attached hydrogen (secondary N) is 1. The average Bonchev–Trinajstić information content (AvgIpc) is 2.78. The summed E-state index contributed by atoms with van der Waals surface area (Å²) in [6.45, 7) is 0. The third-order valence-electron chi connectivity index (χ3n) is 2.07. The molecule has 0 spiro atoms. The lowest BCUT2D eigenvalue weighted by atomic mass is 10.1. The van der Waals surface area contributed by atoms with Crippen LogP contribution in [0, 0.1) is 0 Å². The molecule has 4 nitrogen and oxygen atoms in total. The third-order valence-corrected chi connectivity index (χ3v) is 2.07. The van der Waals surface area contributed by atoms with Crippen LogP contribution in [0.1, 0.15) is 16.1 Å². The van der Waals surface area contributed by atoms with Gasteiger partial charge < -0.3 is 5.11 Å². The number of phenols is 1. The maximum absolute atomic E-state index is 11.7. The summed E-state index contributed by atoms with van der Waals surface area (Å²) in [6, 6.07) is 7.99. The van der Waals surface area contributed by atoms with Crippen LogP contribution in [-0.2, 0) is 0 Å². The van der Waals surface area contributed by atoms with E-state index in [9.17, 15) is 9.90 Å². The van der Waals surface area contributed by atoms with Crippen LogP contribution in [-0.4, -0.2) is 21.1 Å². The number of hydrogen-bond donors (Lipinski definition) is 2. The van der Waals surface area contributed by atoms with Gasteiger partial charge in [0.15, 0.2) is 5.78 Å². The number of carbonyl (C=O) groups excluding carboxylic acids is 1. The van der Waals surface area contributed by atoms with Crippen molar-refractivity contribution >= 4 is 11.9 Å². The van der Waals surface area contributed by atoms with Crippen molar-refractivity contribution in [1.82, 2.24) is 10.2 Å². The monoisotopic (exact) mass is 214 g/mol. The fraction of sp³-hybridized carbons (Fsp3) is 0. The smallest absolute Gasteiger partial charge is 0.186 e. The minimum atomic E-state index is -0.162. The number of aromatic hydroxyl groups is 1. The second kappa shape index (κ2) is 4.44. The highest BCUT2D eigenvalue weighted by Gasteiger charge is 2.01. The van der Waals surface area contributed by atoms with Crippen molar-refractivity contribution in [1.29, 1.82) is 0 Å². The molecule has 0 atom stereocenters. The summed E-state index contributed by atoms with van der Waals surface area (Å²) in [4.78, 5) is 11.7. The molecule has 0 bridgehead atoms. The molecular weight excluding hydrogens is 204 g/mol. The molecule has 1 aromatic heterocycles. The molecule has 1 heterocycles. The molecule has 0 saturated heterocycles. The fourth-order valence-electron chi connectivity index (χ4n) is 1.28. The first-order chi connectivity index (χ1) is 7.75. The first-order valence-corrected chi connectivity index (χ1v) is 4.76. The number of allylic oxidation sites excluding steroid dienone is 1. The first-order valence-electron chi connectivity index (χ1n) is 4.76. The van der Waals surface area contributed by atoms with Gasteiger partial charge in [-0.05, 0) is 30.4 Å². The van der Waals surface area contributed by atoms with Crippen LogP contribution in [0.25, 0.3) is 6.08 Å². The Morgan fingerprint density at radius 1 is 1.38 bits per heavy atom. The zero-order valence-corrected chi connectivity index (χ0v) is 8.42. The molecule has 0 fully saturated rings. The number of benzene rings is 1. The summed E-state index contributed by atoms with van der Waals surface area (Å²) >= 11 is 0. The zero-order chi connectivity index (χ0) is 11.4. The van der Waals surface area contributed by atoms with E-state index in [2.05, 4.69) is 10.2 Å². The molecule has 2 aromatic rings. The predicted molar refractivity (Wildman–Crippen MR) is 60.1 cm³/mol. The van der Waals surface area contributed by atoms with Gasteiger partial charge in [0.25, 0.3) is 0 Å². The van der Waals surface area contributed by atoms with E-state index in [4.69, 9.17) is 0 Å². The van der Waals surface area contributed by atoms with Crippen molar-refractivity contribution in [3.05, 3.63) is 53.9 Å². The van der Waals surface area contributed by atoms with Gasteiger partial charge in [-0.1, -0.05) is 12.1 Å². The highest BCUT2D eigenvalue weighted by molar-refractivity contribution is 6.06. The Hall–Kier alpha value is -2.36. The van der Waals surface area contributed by atoms with Crippen molar-refractivity contribution in [3.63, 3.8) is 0 Å². The second-order valence-corrected chi connectivity index (χ2v) is 3.26. The molecule has 0 amide bonds. The lowest BCUT2D eigenvalue weighted by Crippen LogP contribution is -1.93. The van der Waals surface area contributed by atoms with Crippen molar-refractivity contribution < 1.29 is 9.90 Å². The van der Waals surface area contributed by atoms with Gasteiger partial charge in [0, 0.05) is 11.8 Å². The Kier molecular flexibility index (Phi) is 2.82. The summed E-state index contributed by atoms with van der Waals surface area (Å²) in [5.41, 5.74) is 1.21. The summed E-state index contributed by atoms with van der Waals surface area (Å²) in [7, 11) is 0. The van der Waals surface area contributed by atoms with Crippen LogP contribution < -0.4 is 0 Å². The topological polar surface area (TPSA) is 66.0 Å². The molecule has 0 radical (unpaired) electrons. The van der Waals surface area contributed by atoms with Gasteiger partial charge in [0.05, 0.1) is 5.69 Å². The number of aromatic amines is 1. The maximum atomic E-state index is 11.7. The Balaban J connectivity index is 2.15. The Morgan fingerprint density at radius 3 is 2.94 bits per heavy atom. The van der Waals surface area contributed by atoms with Crippen LogP contribution in [0.15, 0.2) is 42.6 Å². The quantitative estimate of drug-likeness (QED) is 0.606. The molecule has 0 aliphatic carbocycles. The number of ketones is 1. The molecule has 2 rings (SSSR count). The predicted octanol–water partition coefficient (Wildman–Crippen LogP) is 2.01. The van der Waals surface area contributed by atoms with Crippen LogP contribution in [0.2, 0.25) is 0 Å². The van der Waals surface area contributed by atoms with Crippen LogP contribution in [0.5, 0.6) is 5.75 Å². The van der Waals surface area contributed by atoms with E-state index < -0.39 is 0 Å². The number of nitrogens with zero attached hydrogens (tertiary/aromatic N) is 1. The molecule has 80 valence electrons. The molecule has 0 saturated carbocycles. The Labute approximate surface area is 92.2 Å². The summed E-state index contributed by atoms with van der Waals surface area (Å²) < 4.78 is 0. The maximum Gasteiger partial charge on any atom is 0.186 e. The first kappa shape index (κ1) is 10.2. The average molecular weight is 214 g/mol. The van der Waals surface area contributed by atoms with Gasteiger partial charge in [-0.25, -0.2) is 0 Å². The van der Waals surface area contributed by atoms with Gasteiger partial charge in [-0.3, -0.25) is 9.89 Å². The summed E-state index contributed by atoms with van der Waals surface area (Å²) in [5, 5.41) is 15.7. The molecular formula is C12H10N2O2. The van der Waals surface area contributed by atoms with Crippen molar-refractivity contribution in [2.45, 2.75) is 0 Å². The highest BCUT2D eigenvalue weighted by atomic mass is 16.3. The molecule has 0 unspecified atom stereocenters. The number of aromatic nitrogens is 2. The van der Waals surface area contributed by atoms with E-state index in [0.29, 0.717) is 5.56 Å². The lowest BCUT2D eigenvalue weighted by Gasteiger charge is -1.96. The molecule has 0 aliphatic rings. The van der Waals surface area contributed by atoms with Crippen molar-refractivity contribution in [3.8, 4) is 5.75 Å². The zero-order valence-electron chi connectivity index (χ0n) is 8.42. The number of hydrogen-bond acceptors (Lipinski definition) is 3. The van der Waals surface area contributed by atoms with Gasteiger partial charge in [-0.2, -0.15) is 5.10 Å². The van der Waals surface area contributed by atoms with E-state index in [1.165, 1.54) is 18.2 Å². The second-order valence-electron chi connectivity index (χ2n) is 3.26. The number of carbonyl (C=O) groups is 1. The molecule has 4 heteroatoms. The van der Waals surface area contributed by atoms with E-state index in [-0.39, 0.29) is 11.5 Å². The standard InChI is InChI=1S/C12H10N2O2/c15-11-3-1-2-9(8-11)12(16)5-4-10-6-7-13-14-10/h1-8,15H,(H,13,14)/b5-4+. The van der Waals surface area contributed by atoms with Crippen molar-refractivity contribution in [2.75, 3.05) is 0 Å². The van der Waals surface area contributed by atoms with Crippen LogP contribution in [0.4, 0.5) is 0 Å². The van der Waals surface area contributed by atoms with E-state index in [1.807, 2.05) is 0 Å². The normalized spacial score (nSPS) is 10.8. The molecule has 1 aromatic carbocycles. The van der Waals surface area contributed by atoms with Gasteiger partial charge in [0.2, 0.25) is 0 Å². The Bertz CT molecular complexity index is 516. The SMILES string of the molecule is O=C(/C=C/c1ccn[nH]1)c1cccc(O)c1. The third kappa shape index (κ3) is 2.36. The van der Waals surface area contributed by atoms with Gasteiger partial charge in [0.1, 0.15) is 5.75 Å².